The summed E-state index contributed by atoms with van der Waals surface area (Å²) >= 11 is 1.78. The van der Waals surface area contributed by atoms with Crippen LogP contribution in [0.1, 0.15) is 47.2 Å². The highest BCUT2D eigenvalue weighted by molar-refractivity contribution is 7.11. The van der Waals surface area contributed by atoms with E-state index in [2.05, 4.69) is 18.8 Å². The molecule has 21 heavy (non-hydrogen) atoms. The first-order valence-electron chi connectivity index (χ1n) is 7.69. The number of rotatable bonds is 2. The van der Waals surface area contributed by atoms with Crippen molar-refractivity contribution < 1.29 is 9.53 Å². The molecule has 3 rings (SSSR count). The van der Waals surface area contributed by atoms with Crippen molar-refractivity contribution in [3.8, 4) is 0 Å². The number of aryl methyl sites for hydroxylation is 2. The van der Waals surface area contributed by atoms with Gasteiger partial charge in [-0.05, 0) is 39.5 Å². The molecular weight excluding hydrogens is 284 g/mol. The lowest BCUT2D eigenvalue weighted by Crippen LogP contribution is -2.40. The monoisotopic (exact) mass is 306 g/mol. The lowest BCUT2D eigenvalue weighted by molar-refractivity contribution is -0.128. The summed E-state index contributed by atoms with van der Waals surface area (Å²) in [6.45, 7) is 6.56. The fourth-order valence-corrected chi connectivity index (χ4v) is 4.01. The molecule has 1 aromatic heterocycles. The van der Waals surface area contributed by atoms with Crippen molar-refractivity contribution in [2.75, 3.05) is 19.7 Å². The Morgan fingerprint density at radius 3 is 2.95 bits per heavy atom. The molecule has 0 aliphatic carbocycles. The van der Waals surface area contributed by atoms with Crippen LogP contribution in [-0.4, -0.2) is 35.5 Å². The molecule has 0 unspecified atom stereocenters. The maximum absolute atomic E-state index is 12.6. The third-order valence-electron chi connectivity index (χ3n) is 4.31. The first kappa shape index (κ1) is 14.6. The Hall–Kier alpha value is -1.36. The standard InChI is InChI=1S/C16H22N2O2S/c1-11-12(2)21-15(17-11)13-5-3-7-18(9-13)16(19)14-6-4-8-20-10-14/h10,13H,3-9H2,1-2H3/t13-/m1/s1. The predicted octanol–water partition coefficient (Wildman–Crippen LogP) is 3.16. The maximum atomic E-state index is 12.6. The second-order valence-electron chi connectivity index (χ2n) is 5.90. The molecule has 1 saturated heterocycles. The van der Waals surface area contributed by atoms with Gasteiger partial charge in [-0.3, -0.25) is 4.79 Å². The van der Waals surface area contributed by atoms with Crippen LogP contribution < -0.4 is 0 Å². The SMILES string of the molecule is Cc1nc([C@@H]2CCCN(C(=O)C3=COCCC3)C2)sc1C. The summed E-state index contributed by atoms with van der Waals surface area (Å²) in [5.41, 5.74) is 1.95. The number of nitrogens with zero attached hydrogens (tertiary/aromatic N) is 2. The minimum atomic E-state index is 0.157. The molecule has 114 valence electrons. The highest BCUT2D eigenvalue weighted by Gasteiger charge is 2.29. The summed E-state index contributed by atoms with van der Waals surface area (Å²) in [6.07, 6.45) is 5.64. The van der Waals surface area contributed by atoms with Gasteiger partial charge < -0.3 is 9.64 Å². The number of hydrogen-bond donors (Lipinski definition) is 0. The van der Waals surface area contributed by atoms with Gasteiger partial charge in [0.15, 0.2) is 0 Å². The molecule has 0 N–H and O–H groups in total. The van der Waals surface area contributed by atoms with Crippen LogP contribution in [-0.2, 0) is 9.53 Å². The smallest absolute Gasteiger partial charge is 0.252 e. The number of likely N-dealkylation sites (tertiary alicyclic amines) is 1. The molecule has 0 radical (unpaired) electrons. The third kappa shape index (κ3) is 3.12. The zero-order chi connectivity index (χ0) is 14.8. The second-order valence-corrected chi connectivity index (χ2v) is 7.14. The molecule has 0 bridgehead atoms. The van der Waals surface area contributed by atoms with Crippen molar-refractivity contribution in [1.29, 1.82) is 0 Å². The normalized spacial score (nSPS) is 22.7. The number of carbonyl (C=O) groups excluding carboxylic acids is 1. The average Bonchev–Trinajstić information content (AvgIpc) is 2.87. The topological polar surface area (TPSA) is 42.4 Å². The molecule has 0 saturated carbocycles. The first-order valence-corrected chi connectivity index (χ1v) is 8.50. The summed E-state index contributed by atoms with van der Waals surface area (Å²) in [6, 6.07) is 0. The predicted molar refractivity (Wildman–Crippen MR) is 83.4 cm³/mol. The molecule has 1 amide bonds. The minimum Gasteiger partial charge on any atom is -0.501 e. The van der Waals surface area contributed by atoms with Gasteiger partial charge in [0.25, 0.3) is 5.91 Å². The van der Waals surface area contributed by atoms with E-state index in [1.807, 2.05) is 4.90 Å². The highest BCUT2D eigenvalue weighted by Crippen LogP contribution is 2.32. The van der Waals surface area contributed by atoms with Gasteiger partial charge in [0.05, 0.1) is 29.1 Å². The summed E-state index contributed by atoms with van der Waals surface area (Å²) in [7, 11) is 0. The number of piperidine rings is 1. The number of thiazole rings is 1. The Labute approximate surface area is 129 Å². The van der Waals surface area contributed by atoms with E-state index in [4.69, 9.17) is 4.74 Å². The largest absolute Gasteiger partial charge is 0.501 e. The van der Waals surface area contributed by atoms with Crippen molar-refractivity contribution in [3.05, 3.63) is 27.4 Å². The Bertz CT molecular complexity index is 545. The molecule has 0 aromatic carbocycles. The molecular formula is C16H22N2O2S. The molecule has 2 aliphatic rings. The van der Waals surface area contributed by atoms with Crippen LogP contribution in [0.25, 0.3) is 0 Å². The van der Waals surface area contributed by atoms with Crippen LogP contribution in [0.4, 0.5) is 0 Å². The second kappa shape index (κ2) is 6.18. The first-order chi connectivity index (χ1) is 10.1. The lowest BCUT2D eigenvalue weighted by atomic mass is 9.97. The van der Waals surface area contributed by atoms with Crippen molar-refractivity contribution in [1.82, 2.24) is 9.88 Å². The van der Waals surface area contributed by atoms with Gasteiger partial charge >= 0.3 is 0 Å². The third-order valence-corrected chi connectivity index (χ3v) is 5.55. The molecule has 1 aromatic rings. The molecule has 4 nitrogen and oxygen atoms in total. The van der Waals surface area contributed by atoms with E-state index in [9.17, 15) is 4.79 Å². The van der Waals surface area contributed by atoms with E-state index in [-0.39, 0.29) is 5.91 Å². The van der Waals surface area contributed by atoms with Crippen molar-refractivity contribution in [3.63, 3.8) is 0 Å². The van der Waals surface area contributed by atoms with E-state index in [0.717, 1.165) is 56.6 Å². The number of hydrogen-bond acceptors (Lipinski definition) is 4. The Balaban J connectivity index is 1.70. The molecule has 3 heterocycles. The summed E-state index contributed by atoms with van der Waals surface area (Å²) in [5.74, 6) is 0.551. The van der Waals surface area contributed by atoms with Gasteiger partial charge in [-0.15, -0.1) is 11.3 Å². The van der Waals surface area contributed by atoms with E-state index >= 15 is 0 Å². The van der Waals surface area contributed by atoms with Crippen LogP contribution in [0.15, 0.2) is 11.8 Å². The van der Waals surface area contributed by atoms with Crippen molar-refractivity contribution >= 4 is 17.2 Å². The maximum Gasteiger partial charge on any atom is 0.252 e. The summed E-state index contributed by atoms with van der Waals surface area (Å²) < 4.78 is 5.30. The van der Waals surface area contributed by atoms with E-state index in [0.29, 0.717) is 5.92 Å². The number of carbonyl (C=O) groups is 1. The zero-order valence-corrected chi connectivity index (χ0v) is 13.5. The van der Waals surface area contributed by atoms with Crippen molar-refractivity contribution in [2.45, 2.75) is 45.4 Å². The van der Waals surface area contributed by atoms with Crippen LogP contribution in [0.3, 0.4) is 0 Å². The lowest BCUT2D eigenvalue weighted by Gasteiger charge is -2.32. The van der Waals surface area contributed by atoms with E-state index in [1.54, 1.807) is 17.6 Å². The van der Waals surface area contributed by atoms with Crippen LogP contribution in [0, 0.1) is 13.8 Å². The molecule has 2 aliphatic heterocycles. The molecule has 0 spiro atoms. The van der Waals surface area contributed by atoms with Crippen molar-refractivity contribution in [2.24, 2.45) is 0 Å². The highest BCUT2D eigenvalue weighted by atomic mass is 32.1. The number of ether oxygens (including phenoxy) is 1. The quantitative estimate of drug-likeness (QED) is 0.843. The van der Waals surface area contributed by atoms with Gasteiger partial charge in [0, 0.05) is 23.9 Å². The number of amides is 1. The number of aromatic nitrogens is 1. The van der Waals surface area contributed by atoms with Gasteiger partial charge in [-0.25, -0.2) is 4.98 Å². The van der Waals surface area contributed by atoms with Gasteiger partial charge in [-0.1, -0.05) is 0 Å². The fourth-order valence-electron chi connectivity index (χ4n) is 2.96. The van der Waals surface area contributed by atoms with Gasteiger partial charge in [0.2, 0.25) is 0 Å². The average molecular weight is 306 g/mol. The van der Waals surface area contributed by atoms with E-state index in [1.165, 1.54) is 9.88 Å². The van der Waals surface area contributed by atoms with Gasteiger partial charge in [-0.2, -0.15) is 0 Å². The fraction of sp³-hybridized carbons (Fsp3) is 0.625. The van der Waals surface area contributed by atoms with Gasteiger partial charge in [0.1, 0.15) is 0 Å². The van der Waals surface area contributed by atoms with Crippen LogP contribution in [0.2, 0.25) is 0 Å². The Morgan fingerprint density at radius 1 is 1.43 bits per heavy atom. The molecule has 1 fully saturated rings. The van der Waals surface area contributed by atoms with Crippen LogP contribution >= 0.6 is 11.3 Å². The minimum absolute atomic E-state index is 0.157. The van der Waals surface area contributed by atoms with E-state index < -0.39 is 0 Å². The summed E-state index contributed by atoms with van der Waals surface area (Å²) in [4.78, 5) is 20.5. The summed E-state index contributed by atoms with van der Waals surface area (Å²) in [5, 5.41) is 1.19. The molecule has 5 heteroatoms. The van der Waals surface area contributed by atoms with Crippen LogP contribution in [0.5, 0.6) is 0 Å². The Kier molecular flexibility index (Phi) is 4.29. The Morgan fingerprint density at radius 2 is 2.29 bits per heavy atom. The zero-order valence-electron chi connectivity index (χ0n) is 12.7. The molecule has 1 atom stereocenters.